The molecular formula is C23H20N2O2. The summed E-state index contributed by atoms with van der Waals surface area (Å²) in [4.78, 5) is 11.0. The first-order valence-corrected chi connectivity index (χ1v) is 9.33. The molecule has 2 unspecified atom stereocenters. The van der Waals surface area contributed by atoms with Crippen molar-refractivity contribution in [2.75, 3.05) is 5.32 Å². The minimum Gasteiger partial charge on any atom is -0.377 e. The van der Waals surface area contributed by atoms with Crippen LogP contribution in [0.3, 0.4) is 0 Å². The molecule has 5 rings (SSSR count). The van der Waals surface area contributed by atoms with Gasteiger partial charge in [0.25, 0.3) is 5.69 Å². The summed E-state index contributed by atoms with van der Waals surface area (Å²) in [6, 6.07) is 18.6. The third-order valence-electron chi connectivity index (χ3n) is 6.02. The molecule has 3 atom stereocenters. The van der Waals surface area contributed by atoms with Crippen molar-refractivity contribution in [3.05, 3.63) is 93.6 Å². The van der Waals surface area contributed by atoms with Gasteiger partial charge in [-0.05, 0) is 46.7 Å². The van der Waals surface area contributed by atoms with Crippen molar-refractivity contribution >= 4 is 22.1 Å². The van der Waals surface area contributed by atoms with E-state index >= 15 is 0 Å². The maximum Gasteiger partial charge on any atom is 0.270 e. The zero-order valence-corrected chi connectivity index (χ0v) is 15.1. The summed E-state index contributed by atoms with van der Waals surface area (Å²) < 4.78 is 0. The van der Waals surface area contributed by atoms with E-state index in [1.54, 1.807) is 12.1 Å². The molecule has 2 aliphatic rings. The van der Waals surface area contributed by atoms with Crippen LogP contribution in [0.1, 0.15) is 35.1 Å². The molecule has 134 valence electrons. The highest BCUT2D eigenvalue weighted by atomic mass is 16.6. The Morgan fingerprint density at radius 3 is 2.74 bits per heavy atom. The molecule has 1 aliphatic carbocycles. The molecule has 1 heterocycles. The van der Waals surface area contributed by atoms with E-state index in [1.807, 2.05) is 6.92 Å². The molecule has 3 aromatic carbocycles. The van der Waals surface area contributed by atoms with E-state index in [4.69, 9.17) is 0 Å². The van der Waals surface area contributed by atoms with Crippen molar-refractivity contribution in [2.45, 2.75) is 25.3 Å². The van der Waals surface area contributed by atoms with Crippen molar-refractivity contribution in [3.8, 4) is 0 Å². The van der Waals surface area contributed by atoms with Gasteiger partial charge in [-0.2, -0.15) is 0 Å². The number of nitro benzene ring substituents is 1. The maximum absolute atomic E-state index is 11.3. The summed E-state index contributed by atoms with van der Waals surface area (Å²) in [5.41, 5.74) is 4.51. The Kier molecular flexibility index (Phi) is 3.54. The first kappa shape index (κ1) is 16.1. The van der Waals surface area contributed by atoms with Crippen LogP contribution in [0.5, 0.6) is 0 Å². The number of aryl methyl sites for hydroxylation is 1. The van der Waals surface area contributed by atoms with E-state index < -0.39 is 0 Å². The number of allylic oxidation sites excluding steroid dienone is 2. The van der Waals surface area contributed by atoms with E-state index in [1.165, 1.54) is 16.3 Å². The summed E-state index contributed by atoms with van der Waals surface area (Å²) in [6.07, 6.45) is 5.43. The second-order valence-corrected chi connectivity index (χ2v) is 7.53. The van der Waals surface area contributed by atoms with Gasteiger partial charge < -0.3 is 5.32 Å². The number of anilines is 1. The lowest BCUT2D eigenvalue weighted by Gasteiger charge is -2.38. The number of benzene rings is 3. The number of nitrogens with one attached hydrogen (secondary N) is 1. The number of nitro groups is 1. The second-order valence-electron chi connectivity index (χ2n) is 7.53. The topological polar surface area (TPSA) is 55.2 Å². The zero-order valence-electron chi connectivity index (χ0n) is 15.1. The quantitative estimate of drug-likeness (QED) is 0.354. The Balaban J connectivity index is 1.68. The van der Waals surface area contributed by atoms with Crippen molar-refractivity contribution in [2.24, 2.45) is 5.92 Å². The first-order valence-electron chi connectivity index (χ1n) is 9.33. The SMILES string of the molecule is Cc1cc([N+](=O)[O-])cc2c1N[C@H](c1cccc3ccccc13)C1CC=CC21. The van der Waals surface area contributed by atoms with Crippen LogP contribution < -0.4 is 5.32 Å². The fourth-order valence-corrected chi connectivity index (χ4v) is 4.80. The van der Waals surface area contributed by atoms with Gasteiger partial charge in [0.2, 0.25) is 0 Å². The smallest absolute Gasteiger partial charge is 0.270 e. The van der Waals surface area contributed by atoms with Crippen LogP contribution in [0.4, 0.5) is 11.4 Å². The molecule has 3 aromatic rings. The lowest BCUT2D eigenvalue weighted by molar-refractivity contribution is -0.385. The van der Waals surface area contributed by atoms with E-state index in [2.05, 4.69) is 59.9 Å². The monoisotopic (exact) mass is 356 g/mol. The molecule has 0 fully saturated rings. The van der Waals surface area contributed by atoms with Gasteiger partial charge in [0.15, 0.2) is 0 Å². The lowest BCUT2D eigenvalue weighted by Crippen LogP contribution is -2.29. The average Bonchev–Trinajstić information content (AvgIpc) is 3.17. The van der Waals surface area contributed by atoms with Gasteiger partial charge in [-0.15, -0.1) is 0 Å². The molecule has 0 amide bonds. The molecule has 0 spiro atoms. The summed E-state index contributed by atoms with van der Waals surface area (Å²) in [6.45, 7) is 1.96. The molecule has 4 nitrogen and oxygen atoms in total. The van der Waals surface area contributed by atoms with E-state index in [0.717, 1.165) is 23.2 Å². The molecule has 0 saturated heterocycles. The summed E-state index contributed by atoms with van der Waals surface area (Å²) >= 11 is 0. The second kappa shape index (κ2) is 5.95. The number of fused-ring (bicyclic) bond motifs is 4. The summed E-state index contributed by atoms with van der Waals surface area (Å²) in [7, 11) is 0. The third kappa shape index (κ3) is 2.44. The molecule has 1 aliphatic heterocycles. The number of nitrogens with zero attached hydrogens (tertiary/aromatic N) is 1. The van der Waals surface area contributed by atoms with Gasteiger partial charge in [0.05, 0.1) is 11.0 Å². The molecule has 1 N–H and O–H groups in total. The van der Waals surface area contributed by atoms with Gasteiger partial charge in [-0.25, -0.2) is 0 Å². The third-order valence-corrected chi connectivity index (χ3v) is 6.02. The molecular weight excluding hydrogens is 336 g/mol. The summed E-state index contributed by atoms with van der Waals surface area (Å²) in [5, 5.41) is 17.6. The zero-order chi connectivity index (χ0) is 18.5. The fraction of sp³-hybridized carbons (Fsp3) is 0.217. The first-order chi connectivity index (χ1) is 13.1. The lowest BCUT2D eigenvalue weighted by atomic mass is 9.75. The van der Waals surface area contributed by atoms with Crippen LogP contribution in [-0.4, -0.2) is 4.92 Å². The molecule has 0 saturated carbocycles. The highest BCUT2D eigenvalue weighted by Gasteiger charge is 2.39. The highest BCUT2D eigenvalue weighted by Crippen LogP contribution is 2.52. The molecule has 0 radical (unpaired) electrons. The van der Waals surface area contributed by atoms with Crippen LogP contribution in [0.15, 0.2) is 66.7 Å². The van der Waals surface area contributed by atoms with Gasteiger partial charge in [0.1, 0.15) is 0 Å². The standard InChI is InChI=1S/C23H20N2O2/c1-14-12-16(25(26)27)13-21-18-9-5-11-20(18)23(24-22(14)21)19-10-4-7-15-6-2-3-8-17(15)19/h2-10,12-13,18,20,23-24H,11H2,1H3/t18?,20?,23-/m1/s1. The van der Waals surface area contributed by atoms with Crippen molar-refractivity contribution < 1.29 is 4.92 Å². The largest absolute Gasteiger partial charge is 0.377 e. The average molecular weight is 356 g/mol. The van der Waals surface area contributed by atoms with Crippen LogP contribution in [0, 0.1) is 23.0 Å². The molecule has 4 heteroatoms. The Bertz CT molecular complexity index is 1100. The minimum atomic E-state index is -0.294. The van der Waals surface area contributed by atoms with Crippen LogP contribution >= 0.6 is 0 Å². The Morgan fingerprint density at radius 2 is 1.89 bits per heavy atom. The Hall–Kier alpha value is -3.14. The normalized spacial score (nSPS) is 22.9. The van der Waals surface area contributed by atoms with Crippen LogP contribution in [0.25, 0.3) is 10.8 Å². The Labute approximate surface area is 157 Å². The predicted molar refractivity (Wildman–Crippen MR) is 108 cm³/mol. The van der Waals surface area contributed by atoms with Gasteiger partial charge >= 0.3 is 0 Å². The van der Waals surface area contributed by atoms with Crippen molar-refractivity contribution in [3.63, 3.8) is 0 Å². The van der Waals surface area contributed by atoms with Gasteiger partial charge in [0, 0.05) is 23.7 Å². The number of hydrogen-bond acceptors (Lipinski definition) is 3. The van der Waals surface area contributed by atoms with E-state index in [-0.39, 0.29) is 22.6 Å². The minimum absolute atomic E-state index is 0.177. The number of rotatable bonds is 2. The number of non-ortho nitro benzene ring substituents is 1. The van der Waals surface area contributed by atoms with E-state index in [0.29, 0.717) is 5.92 Å². The number of hydrogen-bond donors (Lipinski definition) is 1. The fourth-order valence-electron chi connectivity index (χ4n) is 4.80. The van der Waals surface area contributed by atoms with E-state index in [9.17, 15) is 10.1 Å². The molecule has 0 bridgehead atoms. The predicted octanol–water partition coefficient (Wildman–Crippen LogP) is 5.88. The van der Waals surface area contributed by atoms with Crippen molar-refractivity contribution in [1.82, 2.24) is 0 Å². The highest BCUT2D eigenvalue weighted by molar-refractivity contribution is 5.87. The maximum atomic E-state index is 11.3. The van der Waals surface area contributed by atoms with Gasteiger partial charge in [-0.3, -0.25) is 10.1 Å². The van der Waals surface area contributed by atoms with Gasteiger partial charge in [-0.1, -0.05) is 54.6 Å². The van der Waals surface area contributed by atoms with Crippen LogP contribution in [-0.2, 0) is 0 Å². The Morgan fingerprint density at radius 1 is 1.07 bits per heavy atom. The van der Waals surface area contributed by atoms with Crippen molar-refractivity contribution in [1.29, 1.82) is 0 Å². The molecule has 27 heavy (non-hydrogen) atoms. The summed E-state index contributed by atoms with van der Waals surface area (Å²) in [5.74, 6) is 0.577. The molecule has 0 aromatic heterocycles. The van der Waals surface area contributed by atoms with Crippen LogP contribution in [0.2, 0.25) is 0 Å².